The van der Waals surface area contributed by atoms with Gasteiger partial charge in [0.25, 0.3) is 11.8 Å². The van der Waals surface area contributed by atoms with E-state index >= 15 is 0 Å². The van der Waals surface area contributed by atoms with Crippen molar-refractivity contribution in [2.24, 2.45) is 0 Å². The number of aryl methyl sites for hydroxylation is 2. The maximum Gasteiger partial charge on any atom is 0.276 e. The van der Waals surface area contributed by atoms with Gasteiger partial charge < -0.3 is 4.74 Å². The smallest absolute Gasteiger partial charge is 0.276 e. The molecule has 5 nitrogen and oxygen atoms in total. The standard InChI is InChI=1S/C17H17BrN2O3/c1-11-3-5-13(6-4-11)17(22)20-19-16(21)10-23-15-8-7-14(18)9-12(15)2/h3-9H,10H2,1-2H3,(H,19,21)(H,20,22). The number of carbonyl (C=O) groups excluding carboxylic acids is 2. The fourth-order valence-electron chi connectivity index (χ4n) is 1.86. The number of ether oxygens (including phenoxy) is 1. The maximum absolute atomic E-state index is 11.9. The molecule has 2 aromatic rings. The predicted molar refractivity (Wildman–Crippen MR) is 91.2 cm³/mol. The number of hydrogen-bond acceptors (Lipinski definition) is 3. The molecule has 2 rings (SSSR count). The molecule has 0 aliphatic rings. The first-order chi connectivity index (χ1) is 11.0. The third-order valence-electron chi connectivity index (χ3n) is 3.12. The molecule has 23 heavy (non-hydrogen) atoms. The third kappa shape index (κ3) is 5.10. The molecule has 2 amide bonds. The average Bonchev–Trinajstić information content (AvgIpc) is 2.52. The van der Waals surface area contributed by atoms with E-state index in [4.69, 9.17) is 4.74 Å². The van der Waals surface area contributed by atoms with Crippen LogP contribution in [0.3, 0.4) is 0 Å². The van der Waals surface area contributed by atoms with Gasteiger partial charge in [-0.3, -0.25) is 20.4 Å². The number of amides is 2. The van der Waals surface area contributed by atoms with Crippen molar-refractivity contribution in [3.8, 4) is 5.75 Å². The summed E-state index contributed by atoms with van der Waals surface area (Å²) in [6.07, 6.45) is 0. The molecular weight excluding hydrogens is 360 g/mol. The van der Waals surface area contributed by atoms with Crippen LogP contribution in [0.5, 0.6) is 5.75 Å². The average molecular weight is 377 g/mol. The van der Waals surface area contributed by atoms with Gasteiger partial charge in [0.2, 0.25) is 0 Å². The lowest BCUT2D eigenvalue weighted by molar-refractivity contribution is -0.123. The Hall–Kier alpha value is -2.34. The van der Waals surface area contributed by atoms with Gasteiger partial charge in [-0.2, -0.15) is 0 Å². The Bertz CT molecular complexity index is 714. The first kappa shape index (κ1) is 17.0. The largest absolute Gasteiger partial charge is 0.483 e. The Morgan fingerprint density at radius 2 is 1.74 bits per heavy atom. The Balaban J connectivity index is 1.81. The van der Waals surface area contributed by atoms with E-state index in [0.717, 1.165) is 15.6 Å². The minimum atomic E-state index is -0.437. The number of hydrazine groups is 1. The lowest BCUT2D eigenvalue weighted by Crippen LogP contribution is -2.43. The Morgan fingerprint density at radius 3 is 2.39 bits per heavy atom. The van der Waals surface area contributed by atoms with Gasteiger partial charge in [-0.15, -0.1) is 0 Å². The van der Waals surface area contributed by atoms with E-state index in [0.29, 0.717) is 11.3 Å². The summed E-state index contributed by atoms with van der Waals surface area (Å²) >= 11 is 3.36. The fraction of sp³-hybridized carbons (Fsp3) is 0.176. The van der Waals surface area contributed by atoms with Gasteiger partial charge in [0.15, 0.2) is 6.61 Å². The number of nitrogens with one attached hydrogen (secondary N) is 2. The molecule has 0 unspecified atom stereocenters. The molecule has 0 aliphatic heterocycles. The van der Waals surface area contributed by atoms with Crippen LogP contribution in [0, 0.1) is 13.8 Å². The molecule has 2 aromatic carbocycles. The van der Waals surface area contributed by atoms with Crippen molar-refractivity contribution in [2.75, 3.05) is 6.61 Å². The van der Waals surface area contributed by atoms with Gasteiger partial charge in [-0.25, -0.2) is 0 Å². The Labute approximate surface area is 143 Å². The second kappa shape index (κ2) is 7.78. The van der Waals surface area contributed by atoms with Crippen LogP contribution in [0.25, 0.3) is 0 Å². The summed E-state index contributed by atoms with van der Waals surface area (Å²) < 4.78 is 6.36. The highest BCUT2D eigenvalue weighted by molar-refractivity contribution is 9.10. The zero-order valence-electron chi connectivity index (χ0n) is 12.9. The van der Waals surface area contributed by atoms with Crippen LogP contribution < -0.4 is 15.6 Å². The molecule has 0 spiro atoms. The molecule has 0 saturated heterocycles. The Kier molecular flexibility index (Phi) is 5.76. The highest BCUT2D eigenvalue weighted by Crippen LogP contribution is 2.21. The highest BCUT2D eigenvalue weighted by atomic mass is 79.9. The van der Waals surface area contributed by atoms with Crippen LogP contribution in [-0.2, 0) is 4.79 Å². The SMILES string of the molecule is Cc1ccc(C(=O)NNC(=O)COc2ccc(Br)cc2C)cc1. The van der Waals surface area contributed by atoms with Gasteiger partial charge in [-0.1, -0.05) is 33.6 Å². The number of benzene rings is 2. The van der Waals surface area contributed by atoms with Crippen molar-refractivity contribution >= 4 is 27.7 Å². The van der Waals surface area contributed by atoms with Crippen molar-refractivity contribution in [3.63, 3.8) is 0 Å². The molecule has 0 radical (unpaired) electrons. The molecule has 2 N–H and O–H groups in total. The normalized spacial score (nSPS) is 10.0. The predicted octanol–water partition coefficient (Wildman–Crippen LogP) is 2.91. The van der Waals surface area contributed by atoms with Crippen molar-refractivity contribution in [1.82, 2.24) is 10.9 Å². The van der Waals surface area contributed by atoms with E-state index in [-0.39, 0.29) is 12.5 Å². The summed E-state index contributed by atoms with van der Waals surface area (Å²) in [5.41, 5.74) is 7.12. The second-order valence-electron chi connectivity index (χ2n) is 5.07. The van der Waals surface area contributed by atoms with E-state index in [1.807, 2.05) is 38.1 Å². The van der Waals surface area contributed by atoms with E-state index in [1.165, 1.54) is 0 Å². The molecule has 6 heteroatoms. The Morgan fingerprint density at radius 1 is 1.04 bits per heavy atom. The highest BCUT2D eigenvalue weighted by Gasteiger charge is 2.08. The first-order valence-electron chi connectivity index (χ1n) is 7.00. The minimum Gasteiger partial charge on any atom is -0.483 e. The molecule has 0 aliphatic carbocycles. The molecule has 0 fully saturated rings. The molecular formula is C17H17BrN2O3. The number of carbonyl (C=O) groups is 2. The van der Waals surface area contributed by atoms with Crippen LogP contribution >= 0.6 is 15.9 Å². The van der Waals surface area contributed by atoms with Crippen molar-refractivity contribution in [2.45, 2.75) is 13.8 Å². The van der Waals surface area contributed by atoms with Crippen LogP contribution in [0.1, 0.15) is 21.5 Å². The maximum atomic E-state index is 11.9. The van der Waals surface area contributed by atoms with E-state index in [1.54, 1.807) is 18.2 Å². The summed E-state index contributed by atoms with van der Waals surface area (Å²) in [7, 11) is 0. The third-order valence-corrected chi connectivity index (χ3v) is 3.62. The summed E-state index contributed by atoms with van der Waals surface area (Å²) in [6, 6.07) is 12.5. The minimum absolute atomic E-state index is 0.184. The van der Waals surface area contributed by atoms with Crippen molar-refractivity contribution < 1.29 is 14.3 Å². The van der Waals surface area contributed by atoms with Gasteiger partial charge in [0.1, 0.15) is 5.75 Å². The summed E-state index contributed by atoms with van der Waals surface area (Å²) in [5.74, 6) is -0.195. The molecule has 0 heterocycles. The monoisotopic (exact) mass is 376 g/mol. The van der Waals surface area contributed by atoms with Crippen LogP contribution in [0.15, 0.2) is 46.9 Å². The van der Waals surface area contributed by atoms with E-state index in [9.17, 15) is 9.59 Å². The first-order valence-corrected chi connectivity index (χ1v) is 7.80. The lowest BCUT2D eigenvalue weighted by atomic mass is 10.1. The number of hydrogen-bond donors (Lipinski definition) is 2. The van der Waals surface area contributed by atoms with Crippen molar-refractivity contribution in [1.29, 1.82) is 0 Å². The zero-order chi connectivity index (χ0) is 16.8. The number of halogens is 1. The van der Waals surface area contributed by atoms with Crippen LogP contribution in [0.4, 0.5) is 0 Å². The number of rotatable bonds is 4. The summed E-state index contributed by atoms with van der Waals surface area (Å²) in [5, 5.41) is 0. The molecule has 0 aromatic heterocycles. The fourth-order valence-corrected chi connectivity index (χ4v) is 2.33. The molecule has 0 saturated carbocycles. The van der Waals surface area contributed by atoms with Crippen LogP contribution in [-0.4, -0.2) is 18.4 Å². The van der Waals surface area contributed by atoms with Gasteiger partial charge in [0, 0.05) is 10.0 Å². The van der Waals surface area contributed by atoms with Crippen LogP contribution in [0.2, 0.25) is 0 Å². The van der Waals surface area contributed by atoms with E-state index < -0.39 is 5.91 Å². The quantitative estimate of drug-likeness (QED) is 0.806. The molecule has 0 atom stereocenters. The zero-order valence-corrected chi connectivity index (χ0v) is 14.4. The van der Waals surface area contributed by atoms with Gasteiger partial charge >= 0.3 is 0 Å². The van der Waals surface area contributed by atoms with Crippen molar-refractivity contribution in [3.05, 3.63) is 63.6 Å². The van der Waals surface area contributed by atoms with Gasteiger partial charge in [-0.05, 0) is 49.7 Å². The molecule has 0 bridgehead atoms. The second-order valence-corrected chi connectivity index (χ2v) is 5.98. The van der Waals surface area contributed by atoms with Gasteiger partial charge in [0.05, 0.1) is 0 Å². The topological polar surface area (TPSA) is 67.4 Å². The molecule has 120 valence electrons. The van der Waals surface area contributed by atoms with E-state index in [2.05, 4.69) is 26.8 Å². The summed E-state index contributed by atoms with van der Waals surface area (Å²) in [4.78, 5) is 23.6. The lowest BCUT2D eigenvalue weighted by Gasteiger charge is -2.10. The summed E-state index contributed by atoms with van der Waals surface area (Å²) in [6.45, 7) is 3.64.